The van der Waals surface area contributed by atoms with Gasteiger partial charge < -0.3 is 10.2 Å². The van der Waals surface area contributed by atoms with Crippen LogP contribution in [0.25, 0.3) is 0 Å². The first kappa shape index (κ1) is 20.2. The number of anilines is 1. The molecule has 6 nitrogen and oxygen atoms in total. The number of imide groups is 1. The summed E-state index contributed by atoms with van der Waals surface area (Å²) >= 11 is 0. The second kappa shape index (κ2) is 8.36. The summed E-state index contributed by atoms with van der Waals surface area (Å²) in [6.45, 7) is 5.43. The number of carbonyl (C=O) groups excluding carboxylic acids is 3. The number of hydrogen-bond acceptors (Lipinski definition) is 3. The van der Waals surface area contributed by atoms with Crippen LogP contribution in [0, 0.1) is 5.82 Å². The zero-order chi connectivity index (χ0) is 21.3. The van der Waals surface area contributed by atoms with Crippen LogP contribution in [0.15, 0.2) is 42.5 Å². The Labute approximate surface area is 174 Å². The third-order valence-corrected chi connectivity index (χ3v) is 5.87. The van der Waals surface area contributed by atoms with Crippen molar-refractivity contribution in [1.29, 1.82) is 0 Å². The number of likely N-dealkylation sites (tertiary alicyclic amines) is 1. The number of benzene rings is 2. The SMILES string of the molecule is CCC[NH+]1CCC(NC(=O)c2ccc3c(c2)C(=O)N(c2ccc(F)cc2)C3=O)CC1. The zero-order valence-electron chi connectivity index (χ0n) is 16.9. The minimum Gasteiger partial charge on any atom is -0.349 e. The monoisotopic (exact) mass is 410 g/mol. The standard InChI is InChI=1S/C23H24FN3O3/c1-2-11-26-12-9-17(10-13-26)25-21(28)15-3-8-19-20(14-15)23(30)27(22(19)29)18-6-4-16(24)5-7-18/h3-8,14,17H,2,9-13H2,1H3,(H,25,28)/p+1. The lowest BCUT2D eigenvalue weighted by atomic mass is 10.0. The Bertz CT molecular complexity index is 982. The molecule has 2 N–H and O–H groups in total. The molecule has 0 spiro atoms. The molecule has 156 valence electrons. The molecule has 0 unspecified atom stereocenters. The number of quaternary nitrogens is 1. The van der Waals surface area contributed by atoms with E-state index in [0.29, 0.717) is 11.3 Å². The van der Waals surface area contributed by atoms with Gasteiger partial charge in [-0.2, -0.15) is 0 Å². The molecular formula is C23H25FN3O3+. The molecule has 1 fully saturated rings. The molecule has 0 aliphatic carbocycles. The second-order valence-corrected chi connectivity index (χ2v) is 7.93. The average molecular weight is 410 g/mol. The normalized spacial score (nSPS) is 20.9. The highest BCUT2D eigenvalue weighted by atomic mass is 19.1. The van der Waals surface area contributed by atoms with E-state index in [-0.39, 0.29) is 23.1 Å². The Morgan fingerprint density at radius 2 is 1.73 bits per heavy atom. The van der Waals surface area contributed by atoms with Crippen molar-refractivity contribution in [3.05, 3.63) is 65.0 Å². The van der Waals surface area contributed by atoms with Crippen LogP contribution in [0.4, 0.5) is 10.1 Å². The van der Waals surface area contributed by atoms with Crippen molar-refractivity contribution in [2.75, 3.05) is 24.5 Å². The zero-order valence-corrected chi connectivity index (χ0v) is 16.9. The van der Waals surface area contributed by atoms with Crippen molar-refractivity contribution >= 4 is 23.4 Å². The van der Waals surface area contributed by atoms with Crippen molar-refractivity contribution in [3.8, 4) is 0 Å². The van der Waals surface area contributed by atoms with Crippen LogP contribution < -0.4 is 15.1 Å². The van der Waals surface area contributed by atoms with Gasteiger partial charge in [0.05, 0.1) is 36.4 Å². The van der Waals surface area contributed by atoms with Crippen LogP contribution in [0.1, 0.15) is 57.3 Å². The molecule has 30 heavy (non-hydrogen) atoms. The largest absolute Gasteiger partial charge is 0.349 e. The number of amides is 3. The molecule has 1 saturated heterocycles. The highest BCUT2D eigenvalue weighted by Crippen LogP contribution is 2.29. The Morgan fingerprint density at radius 1 is 1.07 bits per heavy atom. The first-order chi connectivity index (χ1) is 14.5. The molecule has 3 amide bonds. The van der Waals surface area contributed by atoms with Crippen LogP contribution in [0.3, 0.4) is 0 Å². The molecule has 2 heterocycles. The molecule has 2 aliphatic rings. The maximum Gasteiger partial charge on any atom is 0.266 e. The van der Waals surface area contributed by atoms with E-state index in [4.69, 9.17) is 0 Å². The predicted molar refractivity (Wildman–Crippen MR) is 110 cm³/mol. The van der Waals surface area contributed by atoms with E-state index in [1.54, 1.807) is 11.0 Å². The summed E-state index contributed by atoms with van der Waals surface area (Å²) in [4.78, 5) is 40.8. The van der Waals surface area contributed by atoms with E-state index in [1.165, 1.54) is 36.4 Å². The van der Waals surface area contributed by atoms with E-state index in [2.05, 4.69) is 12.2 Å². The number of fused-ring (bicyclic) bond motifs is 1. The lowest BCUT2D eigenvalue weighted by Gasteiger charge is -2.29. The number of rotatable bonds is 5. The Hall–Kier alpha value is -3.06. The Morgan fingerprint density at radius 3 is 2.40 bits per heavy atom. The first-order valence-electron chi connectivity index (χ1n) is 10.4. The van der Waals surface area contributed by atoms with Gasteiger partial charge in [0.2, 0.25) is 0 Å². The summed E-state index contributed by atoms with van der Waals surface area (Å²) in [6, 6.07) is 9.87. The van der Waals surface area contributed by atoms with Gasteiger partial charge in [-0.05, 0) is 48.9 Å². The molecule has 0 atom stereocenters. The average Bonchev–Trinajstić information content (AvgIpc) is 3.00. The number of piperidine rings is 1. The van der Waals surface area contributed by atoms with Gasteiger partial charge in [0.1, 0.15) is 5.82 Å². The van der Waals surface area contributed by atoms with Gasteiger partial charge in [-0.15, -0.1) is 0 Å². The molecule has 0 radical (unpaired) electrons. The lowest BCUT2D eigenvalue weighted by molar-refractivity contribution is -0.905. The van der Waals surface area contributed by atoms with Crippen LogP contribution in [0.2, 0.25) is 0 Å². The molecule has 2 aromatic rings. The molecule has 0 aromatic heterocycles. The van der Waals surface area contributed by atoms with Gasteiger partial charge in [-0.3, -0.25) is 14.4 Å². The van der Waals surface area contributed by atoms with E-state index in [1.807, 2.05) is 0 Å². The summed E-state index contributed by atoms with van der Waals surface area (Å²) in [5, 5.41) is 3.06. The Kier molecular flexibility index (Phi) is 5.63. The summed E-state index contributed by atoms with van der Waals surface area (Å²) in [5.41, 5.74) is 1.10. The van der Waals surface area contributed by atoms with Gasteiger partial charge in [-0.1, -0.05) is 6.92 Å². The molecule has 7 heteroatoms. The van der Waals surface area contributed by atoms with Gasteiger partial charge >= 0.3 is 0 Å². The van der Waals surface area contributed by atoms with Crippen LogP contribution in [-0.4, -0.2) is 43.4 Å². The van der Waals surface area contributed by atoms with Crippen molar-refractivity contribution in [1.82, 2.24) is 5.32 Å². The number of nitrogens with one attached hydrogen (secondary N) is 2. The smallest absolute Gasteiger partial charge is 0.266 e. The topological polar surface area (TPSA) is 70.9 Å². The number of hydrogen-bond donors (Lipinski definition) is 2. The summed E-state index contributed by atoms with van der Waals surface area (Å²) in [6.07, 6.45) is 3.02. The predicted octanol–water partition coefficient (Wildman–Crippen LogP) is 1.81. The fourth-order valence-electron chi connectivity index (χ4n) is 4.25. The number of carbonyl (C=O) groups is 3. The van der Waals surface area contributed by atoms with Crippen LogP contribution in [0.5, 0.6) is 0 Å². The van der Waals surface area contributed by atoms with Crippen molar-refractivity contribution in [2.45, 2.75) is 32.2 Å². The van der Waals surface area contributed by atoms with E-state index in [9.17, 15) is 18.8 Å². The third kappa shape index (κ3) is 3.85. The molecule has 0 saturated carbocycles. The van der Waals surface area contributed by atoms with Crippen LogP contribution in [-0.2, 0) is 0 Å². The number of nitrogens with zero attached hydrogens (tertiary/aromatic N) is 1. The molecule has 0 bridgehead atoms. The van der Waals surface area contributed by atoms with Gasteiger partial charge in [0.15, 0.2) is 0 Å². The van der Waals surface area contributed by atoms with Crippen molar-refractivity contribution in [2.24, 2.45) is 0 Å². The van der Waals surface area contributed by atoms with E-state index in [0.717, 1.165) is 43.8 Å². The van der Waals surface area contributed by atoms with E-state index < -0.39 is 17.6 Å². The number of halogens is 1. The second-order valence-electron chi connectivity index (χ2n) is 7.93. The maximum absolute atomic E-state index is 13.2. The van der Waals surface area contributed by atoms with Crippen molar-refractivity contribution in [3.63, 3.8) is 0 Å². The van der Waals surface area contributed by atoms with Gasteiger partial charge in [0.25, 0.3) is 17.7 Å². The molecular weight excluding hydrogens is 385 g/mol. The highest BCUT2D eigenvalue weighted by Gasteiger charge is 2.37. The van der Waals surface area contributed by atoms with Gasteiger partial charge in [-0.25, -0.2) is 9.29 Å². The fourth-order valence-corrected chi connectivity index (χ4v) is 4.25. The molecule has 4 rings (SSSR count). The minimum atomic E-state index is -0.507. The quantitative estimate of drug-likeness (QED) is 0.739. The maximum atomic E-state index is 13.2. The molecule has 2 aromatic carbocycles. The van der Waals surface area contributed by atoms with Crippen LogP contribution >= 0.6 is 0 Å². The minimum absolute atomic E-state index is 0.124. The third-order valence-electron chi connectivity index (χ3n) is 5.87. The fraction of sp³-hybridized carbons (Fsp3) is 0.348. The van der Waals surface area contributed by atoms with Crippen molar-refractivity contribution < 1.29 is 23.7 Å². The highest BCUT2D eigenvalue weighted by molar-refractivity contribution is 6.34. The molecule has 2 aliphatic heterocycles. The Balaban J connectivity index is 1.47. The summed E-state index contributed by atoms with van der Waals surface area (Å²) < 4.78 is 13.2. The summed E-state index contributed by atoms with van der Waals surface area (Å²) in [7, 11) is 0. The first-order valence-corrected chi connectivity index (χ1v) is 10.4. The summed E-state index contributed by atoms with van der Waals surface area (Å²) in [5.74, 6) is -1.66. The van der Waals surface area contributed by atoms with Gasteiger partial charge in [0, 0.05) is 24.4 Å². The lowest BCUT2D eigenvalue weighted by Crippen LogP contribution is -3.13. The van der Waals surface area contributed by atoms with E-state index >= 15 is 0 Å².